The third-order valence-corrected chi connectivity index (χ3v) is 3.26. The molecule has 1 aromatic rings. The number of rotatable bonds is 2. The molecule has 16 heavy (non-hydrogen) atoms. The molecule has 1 aliphatic heterocycles. The molecule has 0 spiro atoms. The Morgan fingerprint density at radius 2 is 2.19 bits per heavy atom. The van der Waals surface area contributed by atoms with Crippen molar-refractivity contribution in [1.29, 1.82) is 0 Å². The van der Waals surface area contributed by atoms with Crippen molar-refractivity contribution in [2.24, 2.45) is 5.92 Å². The highest BCUT2D eigenvalue weighted by molar-refractivity contribution is 6.30. The molecule has 2 aliphatic rings. The van der Waals surface area contributed by atoms with Crippen molar-refractivity contribution in [3.63, 3.8) is 0 Å². The predicted molar refractivity (Wildman–Crippen MR) is 65.7 cm³/mol. The van der Waals surface area contributed by atoms with E-state index in [1.54, 1.807) is 0 Å². The largest absolute Gasteiger partial charge is 0.306 e. The molecule has 3 rings (SSSR count). The summed E-state index contributed by atoms with van der Waals surface area (Å²) in [5.74, 6) is 0.727. The number of hydrogen-bond donors (Lipinski definition) is 2. The number of allylic oxidation sites excluding steroid dienone is 1. The minimum atomic E-state index is 0.727. The zero-order chi connectivity index (χ0) is 11.1. The van der Waals surface area contributed by atoms with Gasteiger partial charge < -0.3 is 5.43 Å². The maximum atomic E-state index is 5.94. The topological polar surface area (TPSA) is 27.3 Å². The molecule has 1 aliphatic carbocycles. The Kier molecular flexibility index (Phi) is 2.30. The predicted octanol–water partition coefficient (Wildman–Crippen LogP) is 2.73. The van der Waals surface area contributed by atoms with Crippen LogP contribution in [0.2, 0.25) is 5.02 Å². The molecular weight excluding hydrogens is 222 g/mol. The molecule has 0 saturated heterocycles. The van der Waals surface area contributed by atoms with Crippen LogP contribution in [0.25, 0.3) is 0 Å². The molecule has 1 saturated carbocycles. The summed E-state index contributed by atoms with van der Waals surface area (Å²) in [6.45, 7) is 2.06. The second-order valence-corrected chi connectivity index (χ2v) is 4.83. The fraction of sp³-hybridized carbons (Fsp3) is 0.333. The first-order valence-corrected chi connectivity index (χ1v) is 5.90. The third kappa shape index (κ3) is 1.77. The second-order valence-electron chi connectivity index (χ2n) is 4.40. The second kappa shape index (κ2) is 3.68. The number of hydrogen-bond acceptors (Lipinski definition) is 3. The molecule has 0 radical (unpaired) electrons. The fourth-order valence-electron chi connectivity index (χ4n) is 1.95. The Morgan fingerprint density at radius 3 is 2.88 bits per heavy atom. The van der Waals surface area contributed by atoms with Crippen molar-refractivity contribution in [2.45, 2.75) is 19.8 Å². The van der Waals surface area contributed by atoms with Crippen molar-refractivity contribution in [3.05, 3.63) is 40.7 Å². The third-order valence-electron chi connectivity index (χ3n) is 3.02. The van der Waals surface area contributed by atoms with Gasteiger partial charge in [0, 0.05) is 22.8 Å². The first-order chi connectivity index (χ1) is 7.74. The number of nitrogens with zero attached hydrogens (tertiary/aromatic N) is 1. The summed E-state index contributed by atoms with van der Waals surface area (Å²) in [4.78, 5) is 0. The zero-order valence-corrected chi connectivity index (χ0v) is 9.88. The summed E-state index contributed by atoms with van der Waals surface area (Å²) in [6, 6.07) is 5.91. The lowest BCUT2D eigenvalue weighted by Gasteiger charge is -2.17. The van der Waals surface area contributed by atoms with Crippen molar-refractivity contribution in [1.82, 2.24) is 11.0 Å². The molecule has 2 N–H and O–H groups in total. The van der Waals surface area contributed by atoms with E-state index in [1.807, 2.05) is 23.2 Å². The molecule has 0 bridgehead atoms. The Labute approximate surface area is 100 Å². The van der Waals surface area contributed by atoms with Gasteiger partial charge in [-0.1, -0.05) is 11.6 Å². The maximum Gasteiger partial charge on any atom is 0.0619 e. The molecule has 4 heteroatoms. The van der Waals surface area contributed by atoms with Crippen molar-refractivity contribution in [3.8, 4) is 0 Å². The van der Waals surface area contributed by atoms with Gasteiger partial charge in [-0.3, -0.25) is 5.01 Å². The van der Waals surface area contributed by atoms with Crippen LogP contribution in [-0.2, 0) is 0 Å². The van der Waals surface area contributed by atoms with Gasteiger partial charge in [-0.2, -0.15) is 0 Å². The average molecular weight is 236 g/mol. The summed E-state index contributed by atoms with van der Waals surface area (Å²) >= 11 is 5.94. The van der Waals surface area contributed by atoms with Gasteiger partial charge in [0.15, 0.2) is 0 Å². The van der Waals surface area contributed by atoms with Crippen LogP contribution in [0.15, 0.2) is 30.1 Å². The standard InChI is InChI=1S/C12H14ClN3/c1-8-6-10(13)4-5-12(8)16-7-11(14-15-16)9-2-3-9/h4-7,9,14-15H,2-3H2,1H3. The van der Waals surface area contributed by atoms with E-state index in [0.29, 0.717) is 0 Å². The number of aryl methyl sites for hydroxylation is 1. The number of anilines is 1. The molecule has 0 unspecified atom stereocenters. The molecule has 1 fully saturated rings. The molecular formula is C12H14ClN3. The van der Waals surface area contributed by atoms with Gasteiger partial charge in [-0.15, -0.1) is 5.53 Å². The fourth-order valence-corrected chi connectivity index (χ4v) is 2.18. The van der Waals surface area contributed by atoms with Gasteiger partial charge >= 0.3 is 0 Å². The summed E-state index contributed by atoms with van der Waals surface area (Å²) < 4.78 is 0. The van der Waals surface area contributed by atoms with Gasteiger partial charge in [0.25, 0.3) is 0 Å². The smallest absolute Gasteiger partial charge is 0.0619 e. The van der Waals surface area contributed by atoms with Gasteiger partial charge in [-0.25, -0.2) is 0 Å². The summed E-state index contributed by atoms with van der Waals surface area (Å²) in [5.41, 5.74) is 9.95. The van der Waals surface area contributed by atoms with Crippen LogP contribution in [0.4, 0.5) is 5.69 Å². The van der Waals surface area contributed by atoms with Crippen molar-refractivity contribution in [2.75, 3.05) is 5.01 Å². The molecule has 1 aromatic carbocycles. The SMILES string of the molecule is Cc1cc(Cl)ccc1N1C=C(C2CC2)NN1. The lowest BCUT2D eigenvalue weighted by atomic mass is 10.2. The molecule has 84 valence electrons. The van der Waals surface area contributed by atoms with Crippen LogP contribution in [0.1, 0.15) is 18.4 Å². The van der Waals surface area contributed by atoms with Gasteiger partial charge in [0.1, 0.15) is 0 Å². The highest BCUT2D eigenvalue weighted by atomic mass is 35.5. The highest BCUT2D eigenvalue weighted by Crippen LogP contribution is 2.36. The van der Waals surface area contributed by atoms with Gasteiger partial charge in [-0.05, 0) is 43.5 Å². The average Bonchev–Trinajstić information content (AvgIpc) is 2.98. The summed E-state index contributed by atoms with van der Waals surface area (Å²) in [7, 11) is 0. The Morgan fingerprint density at radius 1 is 1.38 bits per heavy atom. The van der Waals surface area contributed by atoms with E-state index < -0.39 is 0 Å². The summed E-state index contributed by atoms with van der Waals surface area (Å²) in [5, 5.41) is 2.79. The van der Waals surface area contributed by atoms with Gasteiger partial charge in [0.2, 0.25) is 0 Å². The number of hydrazine groups is 2. The van der Waals surface area contributed by atoms with Crippen LogP contribution < -0.4 is 16.0 Å². The Balaban J connectivity index is 1.87. The minimum Gasteiger partial charge on any atom is -0.306 e. The first-order valence-electron chi connectivity index (χ1n) is 5.53. The van der Waals surface area contributed by atoms with Crippen LogP contribution >= 0.6 is 11.6 Å². The molecule has 1 heterocycles. The Hall–Kier alpha value is -1.19. The number of halogens is 1. The normalized spacial score (nSPS) is 19.6. The van der Waals surface area contributed by atoms with E-state index in [0.717, 1.165) is 22.2 Å². The van der Waals surface area contributed by atoms with Crippen LogP contribution in [-0.4, -0.2) is 0 Å². The van der Waals surface area contributed by atoms with Crippen LogP contribution in [0, 0.1) is 12.8 Å². The molecule has 3 nitrogen and oxygen atoms in total. The lowest BCUT2D eigenvalue weighted by Crippen LogP contribution is -2.36. The molecule has 0 aromatic heterocycles. The number of benzene rings is 1. The van der Waals surface area contributed by atoms with Crippen molar-refractivity contribution >= 4 is 17.3 Å². The first kappa shape index (κ1) is 10.00. The highest BCUT2D eigenvalue weighted by Gasteiger charge is 2.29. The van der Waals surface area contributed by atoms with Crippen LogP contribution in [0.5, 0.6) is 0 Å². The lowest BCUT2D eigenvalue weighted by molar-refractivity contribution is 0.636. The minimum absolute atomic E-state index is 0.727. The Bertz CT molecular complexity index is 452. The van der Waals surface area contributed by atoms with Crippen molar-refractivity contribution < 1.29 is 0 Å². The van der Waals surface area contributed by atoms with E-state index in [4.69, 9.17) is 11.6 Å². The van der Waals surface area contributed by atoms with Gasteiger partial charge in [0.05, 0.1) is 5.69 Å². The zero-order valence-electron chi connectivity index (χ0n) is 9.13. The van der Waals surface area contributed by atoms with Crippen LogP contribution in [0.3, 0.4) is 0 Å². The quantitative estimate of drug-likeness (QED) is 0.826. The monoisotopic (exact) mass is 235 g/mol. The van der Waals surface area contributed by atoms with E-state index in [-0.39, 0.29) is 0 Å². The molecule has 0 atom stereocenters. The summed E-state index contributed by atoms with van der Waals surface area (Å²) in [6.07, 6.45) is 4.73. The van der Waals surface area contributed by atoms with E-state index in [1.165, 1.54) is 18.5 Å². The number of nitrogens with one attached hydrogen (secondary N) is 2. The van der Waals surface area contributed by atoms with E-state index in [9.17, 15) is 0 Å². The van der Waals surface area contributed by atoms with E-state index >= 15 is 0 Å². The van der Waals surface area contributed by atoms with E-state index in [2.05, 4.69) is 24.1 Å². The molecule has 0 amide bonds. The maximum absolute atomic E-state index is 5.94.